The third kappa shape index (κ3) is 4.49. The molecule has 0 spiro atoms. The van der Waals surface area contributed by atoms with Crippen LogP contribution in [0.15, 0.2) is 48.5 Å². The lowest BCUT2D eigenvalue weighted by Crippen LogP contribution is -2.11. The second-order valence-electron chi connectivity index (χ2n) is 4.28. The van der Waals surface area contributed by atoms with Crippen LogP contribution in [0.4, 0.5) is 5.69 Å². The molecule has 0 bridgehead atoms. The van der Waals surface area contributed by atoms with Crippen molar-refractivity contribution in [2.45, 2.75) is 13.3 Å². The predicted octanol–water partition coefficient (Wildman–Crippen LogP) is 4.39. The summed E-state index contributed by atoms with van der Waals surface area (Å²) in [5.74, 6) is 0.912. The minimum atomic E-state index is 0.633. The molecule has 2 aromatic carbocycles. The highest BCUT2D eigenvalue weighted by Crippen LogP contribution is 2.14. The van der Waals surface area contributed by atoms with Gasteiger partial charge in [0.15, 0.2) is 0 Å². The molecule has 0 aromatic heterocycles. The van der Waals surface area contributed by atoms with E-state index in [9.17, 15) is 0 Å². The van der Waals surface area contributed by atoms with Crippen LogP contribution in [0.2, 0.25) is 5.02 Å². The average Bonchev–Trinajstić information content (AvgIpc) is 2.46. The first-order valence-electron chi connectivity index (χ1n) is 6.49. The van der Waals surface area contributed by atoms with Crippen LogP contribution in [0.3, 0.4) is 0 Å². The highest BCUT2D eigenvalue weighted by Gasteiger charge is 1.95. The van der Waals surface area contributed by atoms with Crippen molar-refractivity contribution in [2.24, 2.45) is 0 Å². The van der Waals surface area contributed by atoms with Crippen LogP contribution >= 0.6 is 11.6 Å². The number of benzene rings is 2. The van der Waals surface area contributed by atoms with E-state index in [1.54, 1.807) is 0 Å². The Hall–Kier alpha value is -1.67. The Bertz CT molecular complexity index is 493. The molecule has 0 aliphatic heterocycles. The fraction of sp³-hybridized carbons (Fsp3) is 0.250. The van der Waals surface area contributed by atoms with E-state index in [1.807, 2.05) is 36.4 Å². The standard InChI is InChI=1S/C16H18ClNO/c1-2-13-3-9-16(10-4-13)19-12-11-18-15-7-5-14(17)6-8-15/h3-10,18H,2,11-12H2,1H3. The monoisotopic (exact) mass is 275 g/mol. The van der Waals surface area contributed by atoms with Crippen LogP contribution < -0.4 is 10.1 Å². The molecular formula is C16H18ClNO. The lowest BCUT2D eigenvalue weighted by atomic mass is 10.2. The largest absolute Gasteiger partial charge is 0.492 e. The molecule has 0 fully saturated rings. The minimum absolute atomic E-state index is 0.633. The van der Waals surface area contributed by atoms with Crippen LogP contribution in [-0.2, 0) is 6.42 Å². The zero-order valence-electron chi connectivity index (χ0n) is 11.0. The number of hydrogen-bond donors (Lipinski definition) is 1. The van der Waals surface area contributed by atoms with E-state index in [1.165, 1.54) is 5.56 Å². The molecular weight excluding hydrogens is 258 g/mol. The Morgan fingerprint density at radius 2 is 1.68 bits per heavy atom. The molecule has 0 radical (unpaired) electrons. The minimum Gasteiger partial charge on any atom is -0.492 e. The quantitative estimate of drug-likeness (QED) is 0.789. The fourth-order valence-electron chi connectivity index (χ4n) is 1.75. The normalized spacial score (nSPS) is 10.2. The van der Waals surface area contributed by atoms with Crippen molar-refractivity contribution in [3.63, 3.8) is 0 Å². The summed E-state index contributed by atoms with van der Waals surface area (Å²) < 4.78 is 5.66. The maximum Gasteiger partial charge on any atom is 0.119 e. The average molecular weight is 276 g/mol. The zero-order valence-corrected chi connectivity index (χ0v) is 11.8. The van der Waals surface area contributed by atoms with Gasteiger partial charge in [-0.15, -0.1) is 0 Å². The summed E-state index contributed by atoms with van der Waals surface area (Å²) in [6.07, 6.45) is 1.05. The molecule has 0 atom stereocenters. The maximum absolute atomic E-state index is 5.83. The number of ether oxygens (including phenoxy) is 1. The highest BCUT2D eigenvalue weighted by atomic mass is 35.5. The molecule has 2 aromatic rings. The fourth-order valence-corrected chi connectivity index (χ4v) is 1.88. The van der Waals surface area contributed by atoms with Gasteiger partial charge in [0.25, 0.3) is 0 Å². The Morgan fingerprint density at radius 1 is 1.00 bits per heavy atom. The van der Waals surface area contributed by atoms with E-state index in [4.69, 9.17) is 16.3 Å². The van der Waals surface area contributed by atoms with Gasteiger partial charge in [-0.25, -0.2) is 0 Å². The first-order valence-corrected chi connectivity index (χ1v) is 6.87. The SMILES string of the molecule is CCc1ccc(OCCNc2ccc(Cl)cc2)cc1. The molecule has 0 aliphatic rings. The van der Waals surface area contributed by atoms with Gasteiger partial charge in [-0.2, -0.15) is 0 Å². The van der Waals surface area contributed by atoms with Gasteiger partial charge in [0.2, 0.25) is 0 Å². The first kappa shape index (κ1) is 13.8. The van der Waals surface area contributed by atoms with Crippen LogP contribution in [-0.4, -0.2) is 13.2 Å². The van der Waals surface area contributed by atoms with E-state index in [-0.39, 0.29) is 0 Å². The topological polar surface area (TPSA) is 21.3 Å². The number of nitrogens with one attached hydrogen (secondary N) is 1. The smallest absolute Gasteiger partial charge is 0.119 e. The molecule has 1 N–H and O–H groups in total. The van der Waals surface area contributed by atoms with Gasteiger partial charge in [0.05, 0.1) is 0 Å². The summed E-state index contributed by atoms with van der Waals surface area (Å²) in [5.41, 5.74) is 2.38. The van der Waals surface area contributed by atoms with E-state index < -0.39 is 0 Å². The van der Waals surface area contributed by atoms with E-state index in [0.717, 1.165) is 29.4 Å². The number of halogens is 1. The molecule has 19 heavy (non-hydrogen) atoms. The van der Waals surface area contributed by atoms with Crippen molar-refractivity contribution in [2.75, 3.05) is 18.5 Å². The second kappa shape index (κ2) is 7.05. The molecule has 0 unspecified atom stereocenters. The lowest BCUT2D eigenvalue weighted by molar-refractivity contribution is 0.333. The van der Waals surface area contributed by atoms with Gasteiger partial charge in [0.1, 0.15) is 12.4 Å². The zero-order chi connectivity index (χ0) is 13.5. The van der Waals surface area contributed by atoms with Crippen molar-refractivity contribution in [3.05, 3.63) is 59.1 Å². The van der Waals surface area contributed by atoms with Gasteiger partial charge in [-0.3, -0.25) is 0 Å². The second-order valence-corrected chi connectivity index (χ2v) is 4.72. The number of anilines is 1. The Kier molecular flexibility index (Phi) is 5.10. The molecule has 0 saturated carbocycles. The van der Waals surface area contributed by atoms with E-state index in [0.29, 0.717) is 6.61 Å². The van der Waals surface area contributed by atoms with Gasteiger partial charge < -0.3 is 10.1 Å². The highest BCUT2D eigenvalue weighted by molar-refractivity contribution is 6.30. The third-order valence-corrected chi connectivity index (χ3v) is 3.13. The molecule has 3 heteroatoms. The number of rotatable bonds is 6. The Labute approximate surface area is 119 Å². The van der Waals surface area contributed by atoms with Gasteiger partial charge >= 0.3 is 0 Å². The first-order chi connectivity index (χ1) is 9.28. The van der Waals surface area contributed by atoms with Crippen LogP contribution in [0.1, 0.15) is 12.5 Å². The summed E-state index contributed by atoms with van der Waals surface area (Å²) in [5, 5.41) is 4.03. The maximum atomic E-state index is 5.83. The number of aryl methyl sites for hydroxylation is 1. The van der Waals surface area contributed by atoms with Gasteiger partial charge in [-0.05, 0) is 48.4 Å². The van der Waals surface area contributed by atoms with Crippen molar-refractivity contribution < 1.29 is 4.74 Å². The molecule has 0 heterocycles. The van der Waals surface area contributed by atoms with Gasteiger partial charge in [0, 0.05) is 17.3 Å². The van der Waals surface area contributed by atoms with E-state index >= 15 is 0 Å². The summed E-state index contributed by atoms with van der Waals surface area (Å²) in [4.78, 5) is 0. The van der Waals surface area contributed by atoms with Crippen molar-refractivity contribution in [1.82, 2.24) is 0 Å². The van der Waals surface area contributed by atoms with Crippen molar-refractivity contribution in [1.29, 1.82) is 0 Å². The van der Waals surface area contributed by atoms with Crippen LogP contribution in [0.25, 0.3) is 0 Å². The molecule has 0 aliphatic carbocycles. The molecule has 0 saturated heterocycles. The van der Waals surface area contributed by atoms with Crippen LogP contribution in [0.5, 0.6) is 5.75 Å². The Morgan fingerprint density at radius 3 is 2.32 bits per heavy atom. The molecule has 0 amide bonds. The molecule has 2 rings (SSSR count). The summed E-state index contributed by atoms with van der Waals surface area (Å²) in [7, 11) is 0. The molecule has 100 valence electrons. The van der Waals surface area contributed by atoms with Crippen molar-refractivity contribution in [3.8, 4) is 5.75 Å². The lowest BCUT2D eigenvalue weighted by Gasteiger charge is -2.09. The van der Waals surface area contributed by atoms with Crippen LogP contribution in [0, 0.1) is 0 Å². The predicted molar refractivity (Wildman–Crippen MR) is 81.3 cm³/mol. The third-order valence-electron chi connectivity index (χ3n) is 2.88. The van der Waals surface area contributed by atoms with Crippen molar-refractivity contribution >= 4 is 17.3 Å². The Balaban J connectivity index is 1.72. The molecule has 2 nitrogen and oxygen atoms in total. The van der Waals surface area contributed by atoms with E-state index in [2.05, 4.69) is 24.4 Å². The summed E-state index contributed by atoms with van der Waals surface area (Å²) in [6, 6.07) is 15.9. The number of hydrogen-bond acceptors (Lipinski definition) is 2. The summed E-state index contributed by atoms with van der Waals surface area (Å²) >= 11 is 5.83. The summed E-state index contributed by atoms with van der Waals surface area (Å²) in [6.45, 7) is 3.54. The van der Waals surface area contributed by atoms with Gasteiger partial charge in [-0.1, -0.05) is 30.7 Å².